The van der Waals surface area contributed by atoms with Crippen molar-refractivity contribution >= 4 is 17.7 Å². The van der Waals surface area contributed by atoms with Gasteiger partial charge in [0.15, 0.2) is 0 Å². The Morgan fingerprint density at radius 2 is 2.07 bits per heavy atom. The van der Waals surface area contributed by atoms with E-state index in [2.05, 4.69) is 5.32 Å². The summed E-state index contributed by atoms with van der Waals surface area (Å²) in [6.07, 6.45) is 1.31. The predicted molar refractivity (Wildman–Crippen MR) is 58.8 cm³/mol. The van der Waals surface area contributed by atoms with Crippen LogP contribution in [0.3, 0.4) is 0 Å². The van der Waals surface area contributed by atoms with Gasteiger partial charge in [-0.1, -0.05) is 6.92 Å². The van der Waals surface area contributed by atoms with Crippen LogP contribution < -0.4 is 5.32 Å². The van der Waals surface area contributed by atoms with Crippen molar-refractivity contribution in [3.8, 4) is 0 Å². The standard InChI is InChI=1S/C10H20ClNO2/c1-5-8(11)6-7-12-9(13)14-10(2,3)4/h8H,5-7H2,1-4H3,(H,12,13). The molecule has 4 heteroatoms. The molecule has 0 spiro atoms. The third-order valence-corrected chi connectivity index (χ3v) is 2.10. The van der Waals surface area contributed by atoms with Crippen LogP contribution in [0.25, 0.3) is 0 Å². The van der Waals surface area contributed by atoms with Crippen molar-refractivity contribution in [2.75, 3.05) is 6.54 Å². The molecule has 0 aliphatic rings. The first-order valence-electron chi connectivity index (χ1n) is 4.96. The molecule has 84 valence electrons. The molecule has 0 aliphatic carbocycles. The van der Waals surface area contributed by atoms with Gasteiger partial charge in [-0.3, -0.25) is 0 Å². The van der Waals surface area contributed by atoms with E-state index in [-0.39, 0.29) is 11.5 Å². The van der Waals surface area contributed by atoms with E-state index >= 15 is 0 Å². The quantitative estimate of drug-likeness (QED) is 0.742. The average Bonchev–Trinajstić information content (AvgIpc) is 2.00. The van der Waals surface area contributed by atoms with Crippen molar-refractivity contribution in [2.45, 2.75) is 51.5 Å². The first kappa shape index (κ1) is 13.6. The Kier molecular flexibility index (Phi) is 5.93. The molecule has 0 saturated carbocycles. The number of amides is 1. The van der Waals surface area contributed by atoms with Gasteiger partial charge in [-0.05, 0) is 33.6 Å². The number of alkyl carbamates (subject to hydrolysis) is 1. The largest absolute Gasteiger partial charge is 0.444 e. The molecule has 1 unspecified atom stereocenters. The van der Waals surface area contributed by atoms with Gasteiger partial charge < -0.3 is 10.1 Å². The van der Waals surface area contributed by atoms with Crippen LogP contribution in [0.15, 0.2) is 0 Å². The maximum absolute atomic E-state index is 11.2. The summed E-state index contributed by atoms with van der Waals surface area (Å²) < 4.78 is 5.06. The second-order valence-corrected chi connectivity index (χ2v) is 4.84. The van der Waals surface area contributed by atoms with Gasteiger partial charge in [-0.15, -0.1) is 11.6 Å². The van der Waals surface area contributed by atoms with Crippen molar-refractivity contribution in [3.63, 3.8) is 0 Å². The van der Waals surface area contributed by atoms with Crippen molar-refractivity contribution in [3.05, 3.63) is 0 Å². The molecule has 1 N–H and O–H groups in total. The number of halogens is 1. The Labute approximate surface area is 91.2 Å². The van der Waals surface area contributed by atoms with E-state index in [1.807, 2.05) is 27.7 Å². The van der Waals surface area contributed by atoms with E-state index < -0.39 is 5.60 Å². The SMILES string of the molecule is CCC(Cl)CCNC(=O)OC(C)(C)C. The van der Waals surface area contributed by atoms with Gasteiger partial charge in [0.25, 0.3) is 0 Å². The van der Waals surface area contributed by atoms with Crippen LogP contribution in [0.2, 0.25) is 0 Å². The Bertz CT molecular complexity index is 177. The number of hydrogen-bond acceptors (Lipinski definition) is 2. The Hall–Kier alpha value is -0.440. The zero-order valence-electron chi connectivity index (χ0n) is 9.39. The number of carbonyl (C=O) groups is 1. The average molecular weight is 222 g/mol. The van der Waals surface area contributed by atoms with Crippen LogP contribution in [-0.2, 0) is 4.74 Å². The summed E-state index contributed by atoms with van der Waals surface area (Å²) in [5.41, 5.74) is -0.435. The second-order valence-electron chi connectivity index (χ2n) is 4.22. The molecule has 0 fully saturated rings. The number of nitrogens with one attached hydrogen (secondary N) is 1. The van der Waals surface area contributed by atoms with Gasteiger partial charge in [0.1, 0.15) is 5.60 Å². The summed E-state index contributed by atoms with van der Waals surface area (Å²) in [5.74, 6) is 0. The molecule has 14 heavy (non-hydrogen) atoms. The number of alkyl halides is 1. The highest BCUT2D eigenvalue weighted by atomic mass is 35.5. The monoisotopic (exact) mass is 221 g/mol. The predicted octanol–water partition coefficient (Wildman–Crippen LogP) is 2.92. The molecule has 0 aliphatic heterocycles. The number of hydrogen-bond donors (Lipinski definition) is 1. The highest BCUT2D eigenvalue weighted by Gasteiger charge is 2.15. The highest BCUT2D eigenvalue weighted by molar-refractivity contribution is 6.20. The Morgan fingerprint density at radius 3 is 2.50 bits per heavy atom. The fourth-order valence-corrected chi connectivity index (χ4v) is 0.958. The summed E-state index contributed by atoms with van der Waals surface area (Å²) >= 11 is 5.89. The van der Waals surface area contributed by atoms with Gasteiger partial charge in [-0.25, -0.2) is 4.79 Å². The molecule has 0 bridgehead atoms. The van der Waals surface area contributed by atoms with Gasteiger partial charge in [-0.2, -0.15) is 0 Å². The van der Waals surface area contributed by atoms with Gasteiger partial charge in [0, 0.05) is 11.9 Å². The van der Waals surface area contributed by atoms with Gasteiger partial charge >= 0.3 is 6.09 Å². The summed E-state index contributed by atoms with van der Waals surface area (Å²) in [6, 6.07) is 0. The van der Waals surface area contributed by atoms with Crippen molar-refractivity contribution < 1.29 is 9.53 Å². The summed E-state index contributed by atoms with van der Waals surface area (Å²) in [5, 5.41) is 2.79. The minimum absolute atomic E-state index is 0.130. The fraction of sp³-hybridized carbons (Fsp3) is 0.900. The zero-order chi connectivity index (χ0) is 11.2. The van der Waals surface area contributed by atoms with Crippen LogP contribution in [0.1, 0.15) is 40.5 Å². The molecular formula is C10H20ClNO2. The Morgan fingerprint density at radius 1 is 1.50 bits per heavy atom. The van der Waals surface area contributed by atoms with Crippen LogP contribution in [0.5, 0.6) is 0 Å². The molecule has 1 amide bonds. The molecule has 1 atom stereocenters. The first-order chi connectivity index (χ1) is 6.35. The molecule has 0 heterocycles. The van der Waals surface area contributed by atoms with E-state index in [9.17, 15) is 4.79 Å². The lowest BCUT2D eigenvalue weighted by Crippen LogP contribution is -2.33. The number of rotatable bonds is 4. The first-order valence-corrected chi connectivity index (χ1v) is 5.39. The minimum atomic E-state index is -0.435. The lowest BCUT2D eigenvalue weighted by atomic mass is 10.2. The van der Waals surface area contributed by atoms with E-state index in [0.717, 1.165) is 12.8 Å². The van der Waals surface area contributed by atoms with Crippen LogP contribution in [-0.4, -0.2) is 23.6 Å². The molecule has 0 rings (SSSR count). The Balaban J connectivity index is 3.55. The summed E-state index contributed by atoms with van der Waals surface area (Å²) in [7, 11) is 0. The van der Waals surface area contributed by atoms with Crippen molar-refractivity contribution in [1.29, 1.82) is 0 Å². The topological polar surface area (TPSA) is 38.3 Å². The van der Waals surface area contributed by atoms with Crippen molar-refractivity contribution in [1.82, 2.24) is 5.32 Å². The van der Waals surface area contributed by atoms with Crippen molar-refractivity contribution in [2.24, 2.45) is 0 Å². The fourth-order valence-electron chi connectivity index (χ4n) is 0.849. The smallest absolute Gasteiger partial charge is 0.407 e. The molecule has 0 aromatic carbocycles. The van der Waals surface area contributed by atoms with E-state index in [0.29, 0.717) is 6.54 Å². The van der Waals surface area contributed by atoms with E-state index in [1.165, 1.54) is 0 Å². The van der Waals surface area contributed by atoms with Gasteiger partial charge in [0.05, 0.1) is 0 Å². The van der Waals surface area contributed by atoms with E-state index in [4.69, 9.17) is 16.3 Å². The maximum atomic E-state index is 11.2. The molecule has 0 aromatic heterocycles. The van der Waals surface area contributed by atoms with Crippen LogP contribution in [0.4, 0.5) is 4.79 Å². The van der Waals surface area contributed by atoms with Gasteiger partial charge in [0.2, 0.25) is 0 Å². The maximum Gasteiger partial charge on any atom is 0.407 e. The molecule has 0 radical (unpaired) electrons. The molecular weight excluding hydrogens is 202 g/mol. The zero-order valence-corrected chi connectivity index (χ0v) is 10.1. The lowest BCUT2D eigenvalue weighted by molar-refractivity contribution is 0.0527. The number of ether oxygens (including phenoxy) is 1. The van der Waals surface area contributed by atoms with Crippen LogP contribution in [0, 0.1) is 0 Å². The molecule has 0 saturated heterocycles. The normalized spacial score (nSPS) is 13.5. The second kappa shape index (κ2) is 6.12. The highest BCUT2D eigenvalue weighted by Crippen LogP contribution is 2.07. The van der Waals surface area contributed by atoms with Crippen LogP contribution >= 0.6 is 11.6 Å². The third-order valence-electron chi connectivity index (χ3n) is 1.57. The summed E-state index contributed by atoms with van der Waals surface area (Å²) in [4.78, 5) is 11.2. The van der Waals surface area contributed by atoms with E-state index in [1.54, 1.807) is 0 Å². The molecule has 0 aromatic rings. The minimum Gasteiger partial charge on any atom is -0.444 e. The lowest BCUT2D eigenvalue weighted by Gasteiger charge is -2.19. The molecule has 3 nitrogen and oxygen atoms in total. The number of carbonyl (C=O) groups excluding carboxylic acids is 1. The summed E-state index contributed by atoms with van der Waals surface area (Å²) in [6.45, 7) is 8.09. The third kappa shape index (κ3) is 8.17.